The number of pyridine rings is 1. The Kier molecular flexibility index (Phi) is 5.71. The lowest BCUT2D eigenvalue weighted by atomic mass is 10.2. The predicted octanol–water partition coefficient (Wildman–Crippen LogP) is 3.78. The van der Waals surface area contributed by atoms with Gasteiger partial charge in [-0.3, -0.25) is 14.7 Å². The van der Waals surface area contributed by atoms with E-state index in [0.29, 0.717) is 28.7 Å². The molecular weight excluding hydrogens is 412 g/mol. The number of rotatable bonds is 7. The number of aromatic carboxylic acids is 1. The molecule has 2 aromatic heterocycles. The second-order valence-corrected chi connectivity index (χ2v) is 7.07. The summed E-state index contributed by atoms with van der Waals surface area (Å²) in [5, 5.41) is 11.7. The molecule has 2 aromatic carbocycles. The summed E-state index contributed by atoms with van der Waals surface area (Å²) >= 11 is 0. The van der Waals surface area contributed by atoms with E-state index in [1.807, 2.05) is 31.2 Å². The number of aryl methyl sites for hydroxylation is 2. The standard InChI is InChI=1S/C23H20N4O5/c1-14-6-8-16(9-7-14)32-20-11-10-18-21(26-20)27(2)23(24-18)25-19(28)13-31-17-5-3-4-15(12-17)22(29)30/h3-12H,13H2,1-2H3,(H,29,30)(H,24,25,28). The first-order valence-corrected chi connectivity index (χ1v) is 9.73. The number of amides is 1. The van der Waals surface area contributed by atoms with Crippen LogP contribution in [0.2, 0.25) is 0 Å². The summed E-state index contributed by atoms with van der Waals surface area (Å²) in [6, 6.07) is 17.0. The zero-order valence-corrected chi connectivity index (χ0v) is 17.4. The van der Waals surface area contributed by atoms with Crippen molar-refractivity contribution in [3.63, 3.8) is 0 Å². The summed E-state index contributed by atoms with van der Waals surface area (Å²) in [4.78, 5) is 32.2. The molecule has 1 amide bonds. The maximum atomic E-state index is 12.3. The van der Waals surface area contributed by atoms with Gasteiger partial charge in [-0.05, 0) is 43.3 Å². The molecule has 9 heteroatoms. The molecule has 0 radical (unpaired) electrons. The van der Waals surface area contributed by atoms with Gasteiger partial charge in [0.1, 0.15) is 17.0 Å². The van der Waals surface area contributed by atoms with E-state index in [2.05, 4.69) is 15.3 Å². The molecule has 0 spiro atoms. The number of carboxylic acids is 1. The minimum absolute atomic E-state index is 0.0768. The van der Waals surface area contributed by atoms with Gasteiger partial charge in [-0.2, -0.15) is 4.98 Å². The van der Waals surface area contributed by atoms with Gasteiger partial charge in [0.15, 0.2) is 12.3 Å². The van der Waals surface area contributed by atoms with Crippen LogP contribution in [-0.2, 0) is 11.8 Å². The van der Waals surface area contributed by atoms with Crippen molar-refractivity contribution in [2.24, 2.45) is 7.05 Å². The van der Waals surface area contributed by atoms with Crippen LogP contribution in [0.4, 0.5) is 5.95 Å². The SMILES string of the molecule is Cc1ccc(Oc2ccc3nc(NC(=O)COc4cccc(C(=O)O)c4)n(C)c3n2)cc1. The average molecular weight is 432 g/mol. The normalized spacial score (nSPS) is 10.7. The van der Waals surface area contributed by atoms with Crippen molar-refractivity contribution in [1.29, 1.82) is 0 Å². The van der Waals surface area contributed by atoms with Crippen molar-refractivity contribution >= 4 is 29.0 Å². The third-order valence-corrected chi connectivity index (χ3v) is 4.64. The molecule has 162 valence electrons. The zero-order chi connectivity index (χ0) is 22.7. The lowest BCUT2D eigenvalue weighted by molar-refractivity contribution is -0.118. The Hall–Kier alpha value is -4.40. The van der Waals surface area contributed by atoms with Crippen molar-refractivity contribution in [3.8, 4) is 17.4 Å². The number of imidazole rings is 1. The number of carbonyl (C=O) groups is 2. The molecule has 4 rings (SSSR count). The fourth-order valence-corrected chi connectivity index (χ4v) is 2.97. The number of fused-ring (bicyclic) bond motifs is 1. The highest BCUT2D eigenvalue weighted by atomic mass is 16.5. The maximum absolute atomic E-state index is 12.3. The first kappa shape index (κ1) is 20.9. The van der Waals surface area contributed by atoms with Gasteiger partial charge < -0.3 is 14.6 Å². The Labute approximate surface area is 183 Å². The highest BCUT2D eigenvalue weighted by molar-refractivity contribution is 5.92. The van der Waals surface area contributed by atoms with Crippen LogP contribution in [0.5, 0.6) is 17.4 Å². The van der Waals surface area contributed by atoms with Gasteiger partial charge in [0.25, 0.3) is 5.91 Å². The largest absolute Gasteiger partial charge is 0.484 e. The van der Waals surface area contributed by atoms with E-state index in [1.165, 1.54) is 12.1 Å². The van der Waals surface area contributed by atoms with Crippen LogP contribution in [-0.4, -0.2) is 38.1 Å². The second-order valence-electron chi connectivity index (χ2n) is 7.07. The highest BCUT2D eigenvalue weighted by Crippen LogP contribution is 2.24. The molecule has 2 N–H and O–H groups in total. The van der Waals surface area contributed by atoms with Crippen LogP contribution in [0, 0.1) is 6.92 Å². The molecule has 0 saturated carbocycles. The molecule has 32 heavy (non-hydrogen) atoms. The number of nitrogens with zero attached hydrogens (tertiary/aromatic N) is 3. The minimum atomic E-state index is -1.07. The lowest BCUT2D eigenvalue weighted by Crippen LogP contribution is -2.22. The number of carboxylic acid groups (broad SMARTS) is 1. The molecule has 0 unspecified atom stereocenters. The molecule has 0 aliphatic heterocycles. The van der Waals surface area contributed by atoms with E-state index >= 15 is 0 Å². The van der Waals surface area contributed by atoms with Crippen molar-refractivity contribution < 1.29 is 24.2 Å². The number of hydrogen-bond acceptors (Lipinski definition) is 6. The fraction of sp³-hybridized carbons (Fsp3) is 0.130. The van der Waals surface area contributed by atoms with E-state index in [1.54, 1.807) is 35.9 Å². The minimum Gasteiger partial charge on any atom is -0.484 e. The number of nitrogens with one attached hydrogen (secondary N) is 1. The molecule has 2 heterocycles. The van der Waals surface area contributed by atoms with Crippen LogP contribution < -0.4 is 14.8 Å². The zero-order valence-electron chi connectivity index (χ0n) is 17.4. The third-order valence-electron chi connectivity index (χ3n) is 4.64. The molecule has 0 saturated heterocycles. The van der Waals surface area contributed by atoms with Crippen LogP contribution in [0.1, 0.15) is 15.9 Å². The van der Waals surface area contributed by atoms with Crippen molar-refractivity contribution in [1.82, 2.24) is 14.5 Å². The molecule has 9 nitrogen and oxygen atoms in total. The van der Waals surface area contributed by atoms with E-state index in [-0.39, 0.29) is 17.9 Å². The molecule has 0 fully saturated rings. The highest BCUT2D eigenvalue weighted by Gasteiger charge is 2.14. The third kappa shape index (κ3) is 4.67. The lowest BCUT2D eigenvalue weighted by Gasteiger charge is -2.08. The van der Waals surface area contributed by atoms with Gasteiger partial charge in [-0.1, -0.05) is 23.8 Å². The molecule has 0 aliphatic rings. The van der Waals surface area contributed by atoms with Gasteiger partial charge >= 0.3 is 5.97 Å². The van der Waals surface area contributed by atoms with Gasteiger partial charge in [0.05, 0.1) is 5.56 Å². The van der Waals surface area contributed by atoms with Crippen LogP contribution >= 0.6 is 0 Å². The van der Waals surface area contributed by atoms with Gasteiger partial charge in [0.2, 0.25) is 11.8 Å². The monoisotopic (exact) mass is 432 g/mol. The Morgan fingerprint density at radius 1 is 1.03 bits per heavy atom. The van der Waals surface area contributed by atoms with Crippen molar-refractivity contribution in [2.75, 3.05) is 11.9 Å². The van der Waals surface area contributed by atoms with Gasteiger partial charge in [-0.25, -0.2) is 9.78 Å². The summed E-state index contributed by atoms with van der Waals surface area (Å²) in [7, 11) is 1.73. The Morgan fingerprint density at radius 3 is 2.56 bits per heavy atom. The fourth-order valence-electron chi connectivity index (χ4n) is 2.97. The predicted molar refractivity (Wildman–Crippen MR) is 117 cm³/mol. The van der Waals surface area contributed by atoms with E-state index < -0.39 is 11.9 Å². The molecular formula is C23H20N4O5. The van der Waals surface area contributed by atoms with Crippen LogP contribution in [0.15, 0.2) is 60.7 Å². The molecule has 0 bridgehead atoms. The number of ether oxygens (including phenoxy) is 2. The van der Waals surface area contributed by atoms with E-state index in [9.17, 15) is 9.59 Å². The average Bonchev–Trinajstić information content (AvgIpc) is 3.09. The summed E-state index contributed by atoms with van der Waals surface area (Å²) in [5.74, 6) is 0.140. The first-order valence-electron chi connectivity index (χ1n) is 9.73. The molecule has 0 atom stereocenters. The summed E-state index contributed by atoms with van der Waals surface area (Å²) in [6.45, 7) is 1.69. The van der Waals surface area contributed by atoms with Crippen molar-refractivity contribution in [2.45, 2.75) is 6.92 Å². The molecule has 0 aliphatic carbocycles. The smallest absolute Gasteiger partial charge is 0.335 e. The van der Waals surface area contributed by atoms with Gasteiger partial charge in [-0.15, -0.1) is 0 Å². The Balaban J connectivity index is 1.44. The summed E-state index contributed by atoms with van der Waals surface area (Å²) < 4.78 is 12.8. The first-order chi connectivity index (χ1) is 15.4. The topological polar surface area (TPSA) is 116 Å². The Morgan fingerprint density at radius 2 is 1.81 bits per heavy atom. The van der Waals surface area contributed by atoms with Crippen LogP contribution in [0.25, 0.3) is 11.2 Å². The number of hydrogen-bond donors (Lipinski definition) is 2. The van der Waals surface area contributed by atoms with Crippen molar-refractivity contribution in [3.05, 3.63) is 71.8 Å². The van der Waals surface area contributed by atoms with Gasteiger partial charge in [0, 0.05) is 13.1 Å². The quantitative estimate of drug-likeness (QED) is 0.456. The van der Waals surface area contributed by atoms with Crippen LogP contribution in [0.3, 0.4) is 0 Å². The van der Waals surface area contributed by atoms with E-state index in [4.69, 9.17) is 14.6 Å². The number of benzene rings is 2. The van der Waals surface area contributed by atoms with E-state index in [0.717, 1.165) is 5.56 Å². The maximum Gasteiger partial charge on any atom is 0.335 e. The number of aromatic nitrogens is 3. The molecule has 4 aromatic rings. The summed E-state index contributed by atoms with van der Waals surface area (Å²) in [5.41, 5.74) is 2.34. The number of anilines is 1. The second kappa shape index (κ2) is 8.76. The Bertz CT molecular complexity index is 1300. The summed E-state index contributed by atoms with van der Waals surface area (Å²) in [6.07, 6.45) is 0. The number of carbonyl (C=O) groups excluding carboxylic acids is 1.